The van der Waals surface area contributed by atoms with Crippen LogP contribution in [0.4, 0.5) is 4.79 Å². The molecule has 7 heteroatoms. The topological polar surface area (TPSA) is 73.5 Å². The van der Waals surface area contributed by atoms with Gasteiger partial charge in [0.2, 0.25) is 0 Å². The van der Waals surface area contributed by atoms with Crippen molar-refractivity contribution in [3.8, 4) is 0 Å². The number of aryl methyl sites for hydroxylation is 1. The van der Waals surface area contributed by atoms with Gasteiger partial charge in [-0.05, 0) is 25.8 Å². The van der Waals surface area contributed by atoms with E-state index >= 15 is 0 Å². The summed E-state index contributed by atoms with van der Waals surface area (Å²) in [7, 11) is 1.74. The number of carbonyl (C=O) groups is 1. The van der Waals surface area contributed by atoms with Crippen molar-refractivity contribution in [3.05, 3.63) is 17.0 Å². The highest BCUT2D eigenvalue weighted by atomic mass is 16.5. The molecule has 7 nitrogen and oxygen atoms in total. The van der Waals surface area contributed by atoms with E-state index in [4.69, 9.17) is 4.74 Å². The SMILES string of the molecule is COCCN1CC[C@@H](CNC(=O)N2CCc3n[nH]c(C)c3C2)C1. The van der Waals surface area contributed by atoms with Gasteiger partial charge in [-0.1, -0.05) is 0 Å². The first-order chi connectivity index (χ1) is 11.2. The van der Waals surface area contributed by atoms with Crippen LogP contribution in [0.25, 0.3) is 0 Å². The zero-order valence-electron chi connectivity index (χ0n) is 14.1. The van der Waals surface area contributed by atoms with E-state index in [0.29, 0.717) is 12.5 Å². The fourth-order valence-corrected chi connectivity index (χ4v) is 3.45. The number of likely N-dealkylation sites (tertiary alicyclic amines) is 1. The number of hydrogen-bond donors (Lipinski definition) is 2. The van der Waals surface area contributed by atoms with E-state index < -0.39 is 0 Å². The highest BCUT2D eigenvalue weighted by Gasteiger charge is 2.26. The number of nitrogens with one attached hydrogen (secondary N) is 2. The van der Waals surface area contributed by atoms with Gasteiger partial charge in [-0.3, -0.25) is 5.10 Å². The summed E-state index contributed by atoms with van der Waals surface area (Å²) in [6, 6.07) is 0.0478. The fourth-order valence-electron chi connectivity index (χ4n) is 3.45. The number of rotatable bonds is 5. The molecule has 3 heterocycles. The summed E-state index contributed by atoms with van der Waals surface area (Å²) >= 11 is 0. The highest BCUT2D eigenvalue weighted by molar-refractivity contribution is 5.74. The molecule has 0 unspecified atom stereocenters. The van der Waals surface area contributed by atoms with E-state index in [1.165, 1.54) is 5.56 Å². The second-order valence-electron chi connectivity index (χ2n) is 6.58. The minimum atomic E-state index is 0.0478. The van der Waals surface area contributed by atoms with Crippen molar-refractivity contribution >= 4 is 6.03 Å². The lowest BCUT2D eigenvalue weighted by atomic mass is 10.1. The molecule has 1 saturated heterocycles. The number of amides is 2. The third-order valence-electron chi connectivity index (χ3n) is 4.94. The van der Waals surface area contributed by atoms with Gasteiger partial charge in [0, 0.05) is 51.0 Å². The molecule has 2 aliphatic heterocycles. The average molecular weight is 321 g/mol. The Bertz CT molecular complexity index is 545. The summed E-state index contributed by atoms with van der Waals surface area (Å²) < 4.78 is 5.12. The van der Waals surface area contributed by atoms with Gasteiger partial charge < -0.3 is 19.9 Å². The molecule has 1 atom stereocenters. The van der Waals surface area contributed by atoms with E-state index in [1.54, 1.807) is 7.11 Å². The molecule has 0 bridgehead atoms. The van der Waals surface area contributed by atoms with Gasteiger partial charge in [0.1, 0.15) is 0 Å². The van der Waals surface area contributed by atoms with E-state index in [0.717, 1.165) is 63.6 Å². The minimum absolute atomic E-state index is 0.0478. The van der Waals surface area contributed by atoms with Crippen molar-refractivity contribution in [1.29, 1.82) is 0 Å². The molecule has 1 aromatic rings. The Balaban J connectivity index is 1.43. The summed E-state index contributed by atoms with van der Waals surface area (Å²) in [5.74, 6) is 0.548. The van der Waals surface area contributed by atoms with Crippen molar-refractivity contribution in [2.45, 2.75) is 26.3 Å². The summed E-state index contributed by atoms with van der Waals surface area (Å²) in [5, 5.41) is 10.4. The van der Waals surface area contributed by atoms with Crippen LogP contribution in [-0.2, 0) is 17.7 Å². The molecule has 128 valence electrons. The summed E-state index contributed by atoms with van der Waals surface area (Å²) in [6.07, 6.45) is 1.98. The predicted molar refractivity (Wildman–Crippen MR) is 87.3 cm³/mol. The zero-order chi connectivity index (χ0) is 16.2. The maximum Gasteiger partial charge on any atom is 0.317 e. The van der Waals surface area contributed by atoms with Gasteiger partial charge in [-0.2, -0.15) is 5.10 Å². The van der Waals surface area contributed by atoms with Crippen LogP contribution < -0.4 is 5.32 Å². The van der Waals surface area contributed by atoms with Gasteiger partial charge in [-0.15, -0.1) is 0 Å². The van der Waals surface area contributed by atoms with E-state index in [9.17, 15) is 4.79 Å². The van der Waals surface area contributed by atoms with E-state index in [1.807, 2.05) is 11.8 Å². The maximum atomic E-state index is 12.4. The van der Waals surface area contributed by atoms with Crippen LogP contribution in [0.3, 0.4) is 0 Å². The number of methoxy groups -OCH3 is 1. The summed E-state index contributed by atoms with van der Waals surface area (Å²) in [6.45, 7) is 8.09. The molecule has 1 fully saturated rings. The third kappa shape index (κ3) is 3.84. The molecular formula is C16H27N5O2. The summed E-state index contributed by atoms with van der Waals surface area (Å²) in [5.41, 5.74) is 3.36. The molecule has 2 N–H and O–H groups in total. The standard InChI is InChI=1S/C16H27N5O2/c1-12-14-11-21(6-4-15(14)19-18-12)16(22)17-9-13-3-5-20(10-13)7-8-23-2/h13H,3-11H2,1-2H3,(H,17,22)(H,18,19)/t13-/m0/s1. The van der Waals surface area contributed by atoms with Crippen molar-refractivity contribution in [2.24, 2.45) is 5.92 Å². The fraction of sp³-hybridized carbons (Fsp3) is 0.750. The molecule has 23 heavy (non-hydrogen) atoms. The lowest BCUT2D eigenvalue weighted by Crippen LogP contribution is -2.44. The number of hydrogen-bond acceptors (Lipinski definition) is 4. The molecule has 0 aliphatic carbocycles. The lowest BCUT2D eigenvalue weighted by Gasteiger charge is -2.27. The average Bonchev–Trinajstić information content (AvgIpc) is 3.17. The Morgan fingerprint density at radius 3 is 3.17 bits per heavy atom. The molecule has 0 aromatic carbocycles. The largest absolute Gasteiger partial charge is 0.383 e. The second-order valence-corrected chi connectivity index (χ2v) is 6.58. The monoisotopic (exact) mass is 321 g/mol. The predicted octanol–water partition coefficient (Wildman–Crippen LogP) is 0.754. The Kier molecular flexibility index (Phi) is 5.17. The molecule has 0 spiro atoms. The Labute approximate surface area is 137 Å². The number of ether oxygens (including phenoxy) is 1. The lowest BCUT2D eigenvalue weighted by molar-refractivity contribution is 0.158. The van der Waals surface area contributed by atoms with Gasteiger partial charge in [0.05, 0.1) is 18.8 Å². The van der Waals surface area contributed by atoms with Crippen molar-refractivity contribution in [1.82, 2.24) is 25.3 Å². The number of H-pyrrole nitrogens is 1. The Morgan fingerprint density at radius 2 is 2.35 bits per heavy atom. The maximum absolute atomic E-state index is 12.4. The first kappa shape index (κ1) is 16.3. The first-order valence-corrected chi connectivity index (χ1v) is 8.44. The van der Waals surface area contributed by atoms with Crippen LogP contribution in [-0.4, -0.2) is 72.5 Å². The minimum Gasteiger partial charge on any atom is -0.383 e. The van der Waals surface area contributed by atoms with Crippen molar-refractivity contribution in [2.75, 3.05) is 46.4 Å². The van der Waals surface area contributed by atoms with Gasteiger partial charge >= 0.3 is 6.03 Å². The molecular weight excluding hydrogens is 294 g/mol. The van der Waals surface area contributed by atoms with Crippen LogP contribution in [0.2, 0.25) is 0 Å². The Hall–Kier alpha value is -1.60. The molecule has 3 rings (SSSR count). The van der Waals surface area contributed by atoms with Crippen molar-refractivity contribution < 1.29 is 9.53 Å². The molecule has 0 saturated carbocycles. The van der Waals surface area contributed by atoms with Gasteiger partial charge in [0.15, 0.2) is 0 Å². The number of aromatic nitrogens is 2. The number of carbonyl (C=O) groups excluding carboxylic acids is 1. The normalized spacial score (nSPS) is 21.5. The summed E-state index contributed by atoms with van der Waals surface area (Å²) in [4.78, 5) is 16.7. The van der Waals surface area contributed by atoms with E-state index in [-0.39, 0.29) is 6.03 Å². The highest BCUT2D eigenvalue weighted by Crippen LogP contribution is 2.20. The third-order valence-corrected chi connectivity index (χ3v) is 4.94. The molecule has 0 radical (unpaired) electrons. The number of aromatic amines is 1. The quantitative estimate of drug-likeness (QED) is 0.839. The zero-order valence-corrected chi connectivity index (χ0v) is 14.1. The van der Waals surface area contributed by atoms with Crippen molar-refractivity contribution in [3.63, 3.8) is 0 Å². The number of nitrogens with zero attached hydrogens (tertiary/aromatic N) is 3. The smallest absolute Gasteiger partial charge is 0.317 e. The Morgan fingerprint density at radius 1 is 1.48 bits per heavy atom. The molecule has 1 aromatic heterocycles. The van der Waals surface area contributed by atoms with Gasteiger partial charge in [0.25, 0.3) is 0 Å². The molecule has 2 aliphatic rings. The number of fused-ring (bicyclic) bond motifs is 1. The van der Waals surface area contributed by atoms with Crippen LogP contribution in [0.1, 0.15) is 23.4 Å². The van der Waals surface area contributed by atoms with Crippen LogP contribution >= 0.6 is 0 Å². The van der Waals surface area contributed by atoms with Crippen LogP contribution in [0.15, 0.2) is 0 Å². The molecule has 2 amide bonds. The first-order valence-electron chi connectivity index (χ1n) is 8.44. The van der Waals surface area contributed by atoms with Crippen LogP contribution in [0, 0.1) is 12.8 Å². The van der Waals surface area contributed by atoms with Gasteiger partial charge in [-0.25, -0.2) is 4.79 Å². The van der Waals surface area contributed by atoms with Crippen LogP contribution in [0.5, 0.6) is 0 Å². The van der Waals surface area contributed by atoms with E-state index in [2.05, 4.69) is 20.4 Å². The number of urea groups is 1. The second kappa shape index (κ2) is 7.31.